The Kier molecular flexibility index (Phi) is 4.53. The van der Waals surface area contributed by atoms with E-state index in [4.69, 9.17) is 23.2 Å². The fraction of sp³-hybridized carbons (Fsp3) is 0.353. The Balaban J connectivity index is 1.66. The van der Waals surface area contributed by atoms with E-state index in [2.05, 4.69) is 15.3 Å². The molecule has 126 valence electrons. The molecule has 24 heavy (non-hydrogen) atoms. The third kappa shape index (κ3) is 3.53. The zero-order valence-electron chi connectivity index (χ0n) is 13.6. The summed E-state index contributed by atoms with van der Waals surface area (Å²) in [4.78, 5) is 22.1. The topological polar surface area (TPSA) is 54.9 Å². The number of hydrogen-bond acceptors (Lipinski definition) is 4. The number of aromatic nitrogens is 2. The highest BCUT2D eigenvalue weighted by atomic mass is 35.5. The average Bonchev–Trinajstić information content (AvgIpc) is 3.00. The number of amides is 1. The second-order valence-electron chi connectivity index (χ2n) is 6.23. The van der Waals surface area contributed by atoms with Crippen molar-refractivity contribution < 1.29 is 4.79 Å². The number of carbonyl (C=O) groups excluding carboxylic acids is 1. The summed E-state index contributed by atoms with van der Waals surface area (Å²) in [5, 5.41) is 3.57. The molecule has 2 aromatic rings. The number of aryl methyl sites for hydroxylation is 2. The SMILES string of the molecule is Cc1cc(C)nc(Sc2ccc(NC(=O)C3(C)CC3(Cl)Cl)cc2)n1. The lowest BCUT2D eigenvalue weighted by molar-refractivity contribution is -0.120. The largest absolute Gasteiger partial charge is 0.326 e. The molecule has 1 saturated carbocycles. The van der Waals surface area contributed by atoms with Crippen molar-refractivity contribution in [2.24, 2.45) is 5.41 Å². The molecule has 1 aromatic heterocycles. The van der Waals surface area contributed by atoms with Gasteiger partial charge in [0.2, 0.25) is 5.91 Å². The van der Waals surface area contributed by atoms with E-state index in [-0.39, 0.29) is 5.91 Å². The summed E-state index contributed by atoms with van der Waals surface area (Å²) in [6.07, 6.45) is 0.465. The Hall–Kier alpha value is -1.30. The van der Waals surface area contributed by atoms with E-state index in [9.17, 15) is 4.79 Å². The maximum absolute atomic E-state index is 12.3. The van der Waals surface area contributed by atoms with Crippen LogP contribution in [0.15, 0.2) is 40.4 Å². The van der Waals surface area contributed by atoms with Gasteiger partial charge < -0.3 is 5.32 Å². The molecule has 3 rings (SSSR count). The van der Waals surface area contributed by atoms with Crippen LogP contribution in [0.1, 0.15) is 24.7 Å². The van der Waals surface area contributed by atoms with Gasteiger partial charge in [0.05, 0.1) is 5.41 Å². The molecule has 0 bridgehead atoms. The maximum Gasteiger partial charge on any atom is 0.233 e. The molecule has 0 aliphatic heterocycles. The van der Waals surface area contributed by atoms with E-state index in [0.29, 0.717) is 17.3 Å². The Morgan fingerprint density at radius 1 is 1.17 bits per heavy atom. The molecule has 1 aliphatic rings. The summed E-state index contributed by atoms with van der Waals surface area (Å²) in [5.74, 6) is -0.162. The molecule has 0 radical (unpaired) electrons. The van der Waals surface area contributed by atoms with E-state index in [1.54, 1.807) is 6.92 Å². The molecule has 4 nitrogen and oxygen atoms in total. The first-order valence-electron chi connectivity index (χ1n) is 7.49. The van der Waals surface area contributed by atoms with E-state index in [1.807, 2.05) is 44.2 Å². The summed E-state index contributed by atoms with van der Waals surface area (Å²) in [5.41, 5.74) is 1.87. The smallest absolute Gasteiger partial charge is 0.233 e. The number of rotatable bonds is 4. The van der Waals surface area contributed by atoms with Crippen LogP contribution in [0.25, 0.3) is 0 Å². The van der Waals surface area contributed by atoms with Gasteiger partial charge in [0.25, 0.3) is 0 Å². The second kappa shape index (κ2) is 6.21. The van der Waals surface area contributed by atoms with Crippen LogP contribution in [0, 0.1) is 19.3 Å². The molecule has 1 fully saturated rings. The van der Waals surface area contributed by atoms with Crippen LogP contribution in [0.5, 0.6) is 0 Å². The first-order chi connectivity index (χ1) is 11.2. The minimum Gasteiger partial charge on any atom is -0.326 e. The van der Waals surface area contributed by atoms with Crippen molar-refractivity contribution in [3.8, 4) is 0 Å². The highest BCUT2D eigenvalue weighted by Crippen LogP contribution is 2.64. The van der Waals surface area contributed by atoms with Gasteiger partial charge in [-0.05, 0) is 69.3 Å². The molecule has 1 atom stereocenters. The minimum absolute atomic E-state index is 0.162. The Labute approximate surface area is 155 Å². The Morgan fingerprint density at radius 2 is 1.71 bits per heavy atom. The lowest BCUT2D eigenvalue weighted by Gasteiger charge is -2.13. The van der Waals surface area contributed by atoms with E-state index >= 15 is 0 Å². The van der Waals surface area contributed by atoms with Crippen LogP contribution in [-0.4, -0.2) is 20.2 Å². The highest BCUT2D eigenvalue weighted by molar-refractivity contribution is 7.99. The number of halogens is 2. The maximum atomic E-state index is 12.3. The Morgan fingerprint density at radius 3 is 2.21 bits per heavy atom. The van der Waals surface area contributed by atoms with Crippen molar-refractivity contribution in [2.45, 2.75) is 41.6 Å². The fourth-order valence-corrected chi connectivity index (χ4v) is 3.93. The van der Waals surface area contributed by atoms with Crippen LogP contribution in [-0.2, 0) is 4.79 Å². The normalized spacial score (nSPS) is 21.4. The van der Waals surface area contributed by atoms with Crippen LogP contribution in [0.4, 0.5) is 5.69 Å². The molecular formula is C17H17Cl2N3OS. The molecule has 7 heteroatoms. The molecule has 1 N–H and O–H groups in total. The van der Waals surface area contributed by atoms with Crippen LogP contribution < -0.4 is 5.32 Å². The van der Waals surface area contributed by atoms with E-state index < -0.39 is 9.75 Å². The zero-order valence-corrected chi connectivity index (χ0v) is 15.9. The van der Waals surface area contributed by atoms with Gasteiger partial charge in [-0.2, -0.15) is 0 Å². The van der Waals surface area contributed by atoms with Crippen molar-refractivity contribution >= 4 is 46.6 Å². The number of carbonyl (C=O) groups is 1. The first kappa shape index (κ1) is 17.5. The van der Waals surface area contributed by atoms with Gasteiger partial charge in [-0.1, -0.05) is 0 Å². The third-order valence-corrected chi connectivity index (χ3v) is 6.02. The van der Waals surface area contributed by atoms with E-state index in [0.717, 1.165) is 16.3 Å². The number of alkyl halides is 2. The molecule has 1 amide bonds. The summed E-state index contributed by atoms with van der Waals surface area (Å²) in [7, 11) is 0. The van der Waals surface area contributed by atoms with Gasteiger partial charge in [0, 0.05) is 22.0 Å². The second-order valence-corrected chi connectivity index (χ2v) is 8.75. The number of nitrogens with one attached hydrogen (secondary N) is 1. The lowest BCUT2D eigenvalue weighted by atomic mass is 10.1. The summed E-state index contributed by atoms with van der Waals surface area (Å²) < 4.78 is -0.965. The predicted molar refractivity (Wildman–Crippen MR) is 97.9 cm³/mol. The quantitative estimate of drug-likeness (QED) is 0.612. The van der Waals surface area contributed by atoms with Crippen molar-refractivity contribution in [3.05, 3.63) is 41.7 Å². The van der Waals surface area contributed by atoms with Gasteiger partial charge in [0.1, 0.15) is 4.33 Å². The predicted octanol–water partition coefficient (Wildman–Crippen LogP) is 4.77. The minimum atomic E-state index is -0.965. The number of nitrogens with zero attached hydrogens (tertiary/aromatic N) is 2. The molecule has 0 spiro atoms. The molecule has 1 aliphatic carbocycles. The number of hydrogen-bond donors (Lipinski definition) is 1. The standard InChI is InChI=1S/C17H17Cl2N3OS/c1-10-8-11(2)21-15(20-10)24-13-6-4-12(5-7-13)22-14(23)16(3)9-17(16,18)19/h4-8H,9H2,1-3H3,(H,22,23). The summed E-state index contributed by atoms with van der Waals surface area (Å²) in [6.45, 7) is 5.66. The average molecular weight is 382 g/mol. The van der Waals surface area contributed by atoms with Crippen LogP contribution in [0.2, 0.25) is 0 Å². The molecular weight excluding hydrogens is 365 g/mol. The molecule has 1 heterocycles. The van der Waals surface area contributed by atoms with Crippen LogP contribution in [0.3, 0.4) is 0 Å². The number of benzene rings is 1. The zero-order chi connectivity index (χ0) is 17.5. The highest BCUT2D eigenvalue weighted by Gasteiger charge is 2.67. The van der Waals surface area contributed by atoms with E-state index in [1.165, 1.54) is 11.8 Å². The van der Waals surface area contributed by atoms with Crippen LogP contribution >= 0.6 is 35.0 Å². The van der Waals surface area contributed by atoms with Gasteiger partial charge in [-0.15, -0.1) is 23.2 Å². The summed E-state index contributed by atoms with van der Waals surface area (Å²) >= 11 is 13.6. The number of anilines is 1. The van der Waals surface area contributed by atoms with Crippen molar-refractivity contribution in [2.75, 3.05) is 5.32 Å². The van der Waals surface area contributed by atoms with Crippen molar-refractivity contribution in [1.29, 1.82) is 0 Å². The lowest BCUT2D eigenvalue weighted by Crippen LogP contribution is -2.25. The molecule has 1 aromatic carbocycles. The van der Waals surface area contributed by atoms with Gasteiger partial charge >= 0.3 is 0 Å². The monoisotopic (exact) mass is 381 g/mol. The van der Waals surface area contributed by atoms with Gasteiger partial charge in [-0.3, -0.25) is 4.79 Å². The van der Waals surface area contributed by atoms with Crippen molar-refractivity contribution in [1.82, 2.24) is 9.97 Å². The van der Waals surface area contributed by atoms with Gasteiger partial charge in [-0.25, -0.2) is 9.97 Å². The van der Waals surface area contributed by atoms with Crippen molar-refractivity contribution in [3.63, 3.8) is 0 Å². The molecule has 0 saturated heterocycles. The van der Waals surface area contributed by atoms with Gasteiger partial charge in [0.15, 0.2) is 5.16 Å². The molecule has 1 unspecified atom stereocenters. The summed E-state index contributed by atoms with van der Waals surface area (Å²) in [6, 6.07) is 9.48. The Bertz CT molecular complexity index is 775. The fourth-order valence-electron chi connectivity index (χ4n) is 2.37. The first-order valence-corrected chi connectivity index (χ1v) is 9.06. The third-order valence-electron chi connectivity index (χ3n) is 4.04.